The molecule has 0 heterocycles. The average molecular weight is 497 g/mol. The number of rotatable bonds is 17. The van der Waals surface area contributed by atoms with Crippen LogP contribution in [0.1, 0.15) is 112 Å². The Hall–Kier alpha value is -1.64. The van der Waals surface area contributed by atoms with Gasteiger partial charge in [-0.25, -0.2) is 0 Å². The molecule has 0 fully saturated rings. The fourth-order valence-electron chi connectivity index (χ4n) is 5.20. The zero-order valence-corrected chi connectivity index (χ0v) is 24.4. The van der Waals surface area contributed by atoms with Gasteiger partial charge in [0.2, 0.25) is 0 Å². The molecule has 0 aliphatic heterocycles. The molecule has 0 bridgehead atoms. The monoisotopic (exact) mass is 496 g/mol. The summed E-state index contributed by atoms with van der Waals surface area (Å²) in [6, 6.07) is 0. The molecule has 0 spiro atoms. The van der Waals surface area contributed by atoms with E-state index in [0.29, 0.717) is 5.92 Å². The van der Waals surface area contributed by atoms with Crippen LogP contribution in [-0.2, 0) is 0 Å². The van der Waals surface area contributed by atoms with Crippen LogP contribution in [-0.4, -0.2) is 23.4 Å². The van der Waals surface area contributed by atoms with Crippen LogP contribution in [0, 0.1) is 17.8 Å². The molecule has 0 aromatic carbocycles. The maximum Gasteiger partial charge on any atom is 0.0468 e. The summed E-state index contributed by atoms with van der Waals surface area (Å²) in [5.41, 5.74) is 8.47. The Balaban J connectivity index is 2.60. The van der Waals surface area contributed by atoms with Gasteiger partial charge in [-0.05, 0) is 130 Å². The summed E-state index contributed by atoms with van der Waals surface area (Å²) < 4.78 is 0. The molecule has 0 saturated heterocycles. The highest BCUT2D eigenvalue weighted by atomic mass is 16.3. The van der Waals surface area contributed by atoms with Gasteiger partial charge in [0.05, 0.1) is 0 Å². The minimum Gasteiger partial charge on any atom is -0.396 e. The zero-order chi connectivity index (χ0) is 26.9. The van der Waals surface area contributed by atoms with E-state index < -0.39 is 0 Å². The Labute approximate surface area is 223 Å². The first kappa shape index (κ1) is 32.4. The molecular weight excluding hydrogens is 440 g/mol. The lowest BCUT2D eigenvalue weighted by molar-refractivity contribution is 0.0819. The first-order valence-corrected chi connectivity index (χ1v) is 14.3. The number of aliphatic hydroxyl groups excluding tert-OH is 2. The van der Waals surface area contributed by atoms with Crippen LogP contribution in [0.5, 0.6) is 0 Å². The van der Waals surface area contributed by atoms with E-state index in [1.165, 1.54) is 33.4 Å². The quantitative estimate of drug-likeness (QED) is 0.197. The van der Waals surface area contributed by atoms with Gasteiger partial charge in [-0.2, -0.15) is 0 Å². The van der Waals surface area contributed by atoms with Crippen molar-refractivity contribution in [2.45, 2.75) is 112 Å². The van der Waals surface area contributed by atoms with Crippen LogP contribution in [0.2, 0.25) is 0 Å². The van der Waals surface area contributed by atoms with E-state index in [1.54, 1.807) is 0 Å². The smallest absolute Gasteiger partial charge is 0.0468 e. The lowest BCUT2D eigenvalue weighted by atomic mass is 9.71. The second kappa shape index (κ2) is 18.6. The van der Waals surface area contributed by atoms with E-state index >= 15 is 0 Å². The third kappa shape index (κ3) is 14.2. The predicted molar refractivity (Wildman–Crippen MR) is 159 cm³/mol. The maximum atomic E-state index is 10.1. The molecule has 204 valence electrons. The molecule has 0 unspecified atom stereocenters. The average Bonchev–Trinajstić information content (AvgIpc) is 2.81. The Morgan fingerprint density at radius 3 is 1.86 bits per heavy atom. The Kier molecular flexibility index (Phi) is 16.7. The molecule has 2 nitrogen and oxygen atoms in total. The van der Waals surface area contributed by atoms with Crippen molar-refractivity contribution in [2.24, 2.45) is 17.8 Å². The highest BCUT2D eigenvalue weighted by Gasteiger charge is 2.32. The Morgan fingerprint density at radius 2 is 1.33 bits per heavy atom. The van der Waals surface area contributed by atoms with Gasteiger partial charge in [-0.15, -0.1) is 0 Å². The van der Waals surface area contributed by atoms with Gasteiger partial charge >= 0.3 is 0 Å². The van der Waals surface area contributed by atoms with Crippen LogP contribution < -0.4 is 0 Å². The lowest BCUT2D eigenvalue weighted by Crippen LogP contribution is -2.32. The molecule has 3 atom stereocenters. The summed E-state index contributed by atoms with van der Waals surface area (Å²) in [7, 11) is 0. The molecular formula is C34H56O2. The van der Waals surface area contributed by atoms with Crippen molar-refractivity contribution in [1.29, 1.82) is 0 Å². The minimum atomic E-state index is 0.156. The van der Waals surface area contributed by atoms with Gasteiger partial charge in [-0.1, -0.05) is 70.4 Å². The lowest BCUT2D eigenvalue weighted by Gasteiger charge is -2.36. The highest BCUT2D eigenvalue weighted by molar-refractivity contribution is 5.15. The van der Waals surface area contributed by atoms with Crippen molar-refractivity contribution < 1.29 is 10.2 Å². The van der Waals surface area contributed by atoms with Crippen molar-refractivity contribution in [2.75, 3.05) is 13.2 Å². The fraction of sp³-hybridized carbons (Fsp3) is 0.647. The van der Waals surface area contributed by atoms with Gasteiger partial charge in [0.1, 0.15) is 0 Å². The molecule has 36 heavy (non-hydrogen) atoms. The van der Waals surface area contributed by atoms with Gasteiger partial charge in [0.25, 0.3) is 0 Å². The molecule has 1 aliphatic rings. The summed E-state index contributed by atoms with van der Waals surface area (Å²) in [5, 5.41) is 20.1. The van der Waals surface area contributed by atoms with E-state index in [2.05, 4.69) is 78.5 Å². The van der Waals surface area contributed by atoms with Crippen molar-refractivity contribution in [3.8, 4) is 0 Å². The number of hydrogen-bond acceptors (Lipinski definition) is 2. The van der Waals surface area contributed by atoms with E-state index in [4.69, 9.17) is 0 Å². The van der Waals surface area contributed by atoms with Crippen LogP contribution in [0.15, 0.2) is 70.4 Å². The van der Waals surface area contributed by atoms with E-state index in [0.717, 1.165) is 70.6 Å². The molecule has 0 aromatic heterocycles. The second-order valence-corrected chi connectivity index (χ2v) is 11.6. The molecule has 1 rings (SSSR count). The number of allylic oxidation sites excluding steroid dienone is 11. The number of hydrogen-bond donors (Lipinski definition) is 2. The van der Waals surface area contributed by atoms with Gasteiger partial charge in [0, 0.05) is 13.2 Å². The third-order valence-corrected chi connectivity index (χ3v) is 7.54. The fourth-order valence-corrected chi connectivity index (χ4v) is 5.20. The van der Waals surface area contributed by atoms with Crippen LogP contribution in [0.4, 0.5) is 0 Å². The van der Waals surface area contributed by atoms with E-state index in [1.807, 2.05) is 0 Å². The molecule has 0 saturated carbocycles. The van der Waals surface area contributed by atoms with Crippen LogP contribution >= 0.6 is 0 Å². The van der Waals surface area contributed by atoms with Crippen molar-refractivity contribution >= 4 is 0 Å². The Bertz CT molecular complexity index is 797. The predicted octanol–water partition coefficient (Wildman–Crippen LogP) is 9.43. The molecule has 0 aromatic rings. The van der Waals surface area contributed by atoms with Crippen LogP contribution in [0.25, 0.3) is 0 Å². The molecule has 0 amide bonds. The summed E-state index contributed by atoms with van der Waals surface area (Å²) in [6.45, 7) is 17.8. The van der Waals surface area contributed by atoms with Crippen LogP contribution in [0.3, 0.4) is 0 Å². The first-order valence-electron chi connectivity index (χ1n) is 14.3. The SMILES string of the molecule is C=C(CC/C=C(\C)CCC=C(C)C)CC[C@H]1C=C(CC/C=C(\C)CCC=C(C)C)C[C@@H](CO)[C@@H]1CO. The van der Waals surface area contributed by atoms with Crippen molar-refractivity contribution in [1.82, 2.24) is 0 Å². The Morgan fingerprint density at radius 1 is 0.778 bits per heavy atom. The molecule has 1 aliphatic carbocycles. The zero-order valence-electron chi connectivity index (χ0n) is 24.4. The van der Waals surface area contributed by atoms with Crippen molar-refractivity contribution in [3.63, 3.8) is 0 Å². The standard InChI is InChI=1S/C34H56O2/c1-26(2)12-8-14-28(5)16-10-17-30(7)20-21-32-22-31(23-33(24-35)34(32)25-36)19-11-18-29(6)15-9-13-27(3)4/h12-13,16,18,22,32-36H,7-11,14-15,17,19-21,23-25H2,1-6H3/b28-16+,29-18+/t32-,33-,34+/m0/s1. The van der Waals surface area contributed by atoms with Gasteiger partial charge in [-0.3, -0.25) is 0 Å². The summed E-state index contributed by atoms with van der Waals surface area (Å²) in [4.78, 5) is 0. The summed E-state index contributed by atoms with van der Waals surface area (Å²) >= 11 is 0. The molecule has 2 N–H and O–H groups in total. The molecule has 0 radical (unpaired) electrons. The third-order valence-electron chi connectivity index (χ3n) is 7.54. The highest BCUT2D eigenvalue weighted by Crippen LogP contribution is 2.38. The largest absolute Gasteiger partial charge is 0.396 e. The van der Waals surface area contributed by atoms with Crippen molar-refractivity contribution in [3.05, 3.63) is 70.4 Å². The second-order valence-electron chi connectivity index (χ2n) is 11.6. The summed E-state index contributed by atoms with van der Waals surface area (Å²) in [6.07, 6.45) is 23.5. The first-order chi connectivity index (χ1) is 17.2. The maximum absolute atomic E-state index is 10.1. The normalized spacial score (nSPS) is 20.7. The molecule has 2 heteroatoms. The van der Waals surface area contributed by atoms with Gasteiger partial charge < -0.3 is 10.2 Å². The minimum absolute atomic E-state index is 0.156. The topological polar surface area (TPSA) is 40.5 Å². The van der Waals surface area contributed by atoms with Gasteiger partial charge in [0.15, 0.2) is 0 Å². The number of aliphatic hydroxyl groups is 2. The summed E-state index contributed by atoms with van der Waals surface area (Å²) in [5.74, 6) is 0.657. The van der Waals surface area contributed by atoms with E-state index in [9.17, 15) is 10.2 Å². The van der Waals surface area contributed by atoms with E-state index in [-0.39, 0.29) is 25.0 Å².